The van der Waals surface area contributed by atoms with E-state index in [-0.39, 0.29) is 107 Å². The summed E-state index contributed by atoms with van der Waals surface area (Å²) in [5.41, 5.74) is 3.38. The number of carbonyl (C=O) groups excluding carboxylic acids is 1. The molecule has 3 aromatic carbocycles. The molecule has 0 unspecified atom stereocenters. The van der Waals surface area contributed by atoms with Crippen molar-refractivity contribution >= 4 is 71.1 Å². The summed E-state index contributed by atoms with van der Waals surface area (Å²) in [5.74, 6) is -0.419. The van der Waals surface area contributed by atoms with Crippen molar-refractivity contribution in [1.82, 2.24) is 50.2 Å². The maximum Gasteiger partial charge on any atom is 2.00 e. The van der Waals surface area contributed by atoms with Gasteiger partial charge in [0.15, 0.2) is 0 Å². The molecule has 1 aliphatic carbocycles. The third kappa shape index (κ3) is 8.49. The van der Waals surface area contributed by atoms with Gasteiger partial charge in [0.1, 0.15) is 21.7 Å². The first-order chi connectivity index (χ1) is 31.0. The van der Waals surface area contributed by atoms with Gasteiger partial charge in [-0.1, -0.05) is 36.4 Å². The normalized spacial score (nSPS) is 13.8. The van der Waals surface area contributed by atoms with Crippen LogP contribution >= 0.6 is 21.7 Å². The predicted octanol–water partition coefficient (Wildman–Crippen LogP) is 7.15. The number of carbonyl (C=O) groups is 1. The molecular formula is C42H34CoN10O10S3. The molecule has 66 heavy (non-hydrogen) atoms. The standard InChI is InChI=1S/C42H35N10O10S3.Co/c53-42(44-16-2-1-5-21-6-4-15-43-20-21)29-8-3-7-28-33(29)41-51-36-27-14-11-24(65(60,61)62)19-32(27)40(49-36)50-39-31-18-23(64(57,58)59)10-13-26(31)35(48-39)47-38-30-17-22(63(54,55)56)9-12-25(30)34(46-38)45-37(28)52-41;/h3-4,6-11,13-15,18-20H,1-2,5,12,16-17H2,(H9-,44,45,46,47,48,49,50,51,52,53,54,55,56,57,58,59,60,61,62);/q-1;+2/p-1. The van der Waals surface area contributed by atoms with E-state index in [4.69, 9.17) is 29.9 Å². The number of amides is 1. The first kappa shape index (κ1) is 45.2. The molecule has 10 rings (SSSR count). The van der Waals surface area contributed by atoms with Crippen molar-refractivity contribution in [2.45, 2.75) is 41.9 Å². The zero-order valence-corrected chi connectivity index (χ0v) is 37.3. The Morgan fingerprint density at radius 2 is 1.33 bits per heavy atom. The van der Waals surface area contributed by atoms with Crippen LogP contribution in [0.3, 0.4) is 0 Å². The maximum atomic E-state index is 14.0. The molecular weight excluding hydrogens is 960 g/mol. The van der Waals surface area contributed by atoms with Gasteiger partial charge in [0, 0.05) is 80.7 Å². The van der Waals surface area contributed by atoms with Crippen LogP contribution in [0.1, 0.15) is 39.9 Å². The van der Waals surface area contributed by atoms with Gasteiger partial charge in [-0.15, -0.1) is 0 Å². The third-order valence-electron chi connectivity index (χ3n) is 11.1. The molecule has 0 fully saturated rings. The van der Waals surface area contributed by atoms with Gasteiger partial charge in [-0.25, -0.2) is 9.97 Å². The monoisotopic (exact) mass is 993 g/mol. The number of rotatable bonds is 9. The molecule has 339 valence electrons. The van der Waals surface area contributed by atoms with Gasteiger partial charge in [0.05, 0.1) is 33.1 Å². The van der Waals surface area contributed by atoms with Crippen molar-refractivity contribution in [2.24, 2.45) is 0 Å². The fourth-order valence-electron chi connectivity index (χ4n) is 7.93. The number of aryl methyl sites for hydroxylation is 1. The Hall–Kier alpha value is -6.00. The number of benzene rings is 3. The van der Waals surface area contributed by atoms with Crippen LogP contribution in [0.25, 0.3) is 78.9 Å². The second-order valence-electron chi connectivity index (χ2n) is 15.2. The van der Waals surface area contributed by atoms with E-state index in [1.165, 1.54) is 30.3 Å². The fraction of sp³-hybridized carbons (Fsp3) is 0.143. The fourth-order valence-corrected chi connectivity index (χ4v) is 9.61. The van der Waals surface area contributed by atoms with E-state index < -0.39 is 42.7 Å². The summed E-state index contributed by atoms with van der Waals surface area (Å²) in [7, 11) is -13.1. The predicted molar refractivity (Wildman–Crippen MR) is 241 cm³/mol. The van der Waals surface area contributed by atoms with E-state index in [0.717, 1.165) is 30.5 Å². The van der Waals surface area contributed by atoms with Crippen LogP contribution in [0.15, 0.2) is 99.9 Å². The van der Waals surface area contributed by atoms with Gasteiger partial charge in [0.25, 0.3) is 16.0 Å². The van der Waals surface area contributed by atoms with Crippen LogP contribution in [0.5, 0.6) is 0 Å². The summed E-state index contributed by atoms with van der Waals surface area (Å²) >= 11 is 0. The molecule has 8 bridgehead atoms. The topological polar surface area (TPSA) is 323 Å². The van der Waals surface area contributed by atoms with Crippen LogP contribution in [0.2, 0.25) is 0 Å². The minimum Gasteiger partial charge on any atom is -0.358 e. The zero-order valence-electron chi connectivity index (χ0n) is 33.8. The van der Waals surface area contributed by atoms with Crippen LogP contribution in [0, 0.1) is 0 Å². The van der Waals surface area contributed by atoms with Gasteiger partial charge in [-0.3, -0.25) is 14.3 Å². The number of hydrogen-bond acceptors (Lipinski definition) is 16. The molecule has 0 saturated heterocycles. The minimum absolute atomic E-state index is 0. The molecule has 8 N–H and O–H groups in total. The van der Waals surface area contributed by atoms with Crippen molar-refractivity contribution in [1.29, 1.82) is 0 Å². The van der Waals surface area contributed by atoms with E-state index in [9.17, 15) is 45.1 Å². The quantitative estimate of drug-likeness (QED) is 0.0525. The summed E-state index contributed by atoms with van der Waals surface area (Å²) in [6, 6.07) is 16.5. The van der Waals surface area contributed by atoms with Crippen molar-refractivity contribution in [3.63, 3.8) is 0 Å². The molecule has 2 aliphatic heterocycles. The zero-order chi connectivity index (χ0) is 45.4. The van der Waals surface area contributed by atoms with Gasteiger partial charge < -0.3 is 62.5 Å². The van der Waals surface area contributed by atoms with Gasteiger partial charge in [-0.05, 0) is 89.5 Å². The molecule has 0 spiro atoms. The minimum atomic E-state index is -4.74. The number of fused-ring (bicyclic) bond motifs is 20. The van der Waals surface area contributed by atoms with Gasteiger partial charge in [-0.2, -0.15) is 8.42 Å². The second kappa shape index (κ2) is 17.0. The molecule has 7 aromatic rings. The molecule has 4 aromatic heterocycles. The number of nitrogens with one attached hydrogen (secondary N) is 1. The Bertz CT molecular complexity index is 3470. The largest absolute Gasteiger partial charge is 2.00 e. The number of aromatic nitrogens is 9. The summed E-state index contributed by atoms with van der Waals surface area (Å²) in [5, 5.41) is 3.36. The molecule has 0 atom stereocenters. The summed E-state index contributed by atoms with van der Waals surface area (Å²) in [4.78, 5) is 55.5. The summed E-state index contributed by atoms with van der Waals surface area (Å²) < 4.78 is 96.3. The Balaban J connectivity index is 0.00000548. The van der Waals surface area contributed by atoms with Crippen LogP contribution in [0.4, 0.5) is 0 Å². The van der Waals surface area contributed by atoms with Crippen molar-refractivity contribution in [2.75, 3.05) is 6.54 Å². The second-order valence-corrected chi connectivity index (χ2v) is 19.7. The Labute approximate surface area is 387 Å². The molecule has 24 heteroatoms. The Morgan fingerprint density at radius 1 is 0.652 bits per heavy atom. The number of hydrogen-bond donors (Lipinski definition) is 8. The Morgan fingerprint density at radius 3 is 2.08 bits per heavy atom. The van der Waals surface area contributed by atoms with E-state index in [2.05, 4.69) is 20.3 Å². The summed E-state index contributed by atoms with van der Waals surface area (Å²) in [6.45, 7) is 0.359. The number of unbranched alkanes of at least 4 members (excludes halogenated alkanes) is 1. The first-order valence-corrected chi connectivity index (χ1v) is 24.1. The van der Waals surface area contributed by atoms with Gasteiger partial charge in [0.2, 0.25) is 0 Å². The number of allylic oxidation sites excluding steroid dienone is 2. The smallest absolute Gasteiger partial charge is 0.358 e. The molecule has 0 saturated carbocycles. The molecule has 6 heterocycles. The first-order valence-electron chi connectivity index (χ1n) is 19.7. The SMILES string of the molecule is O=C(NCCCCc1cccnc1)c1cccc2c1-c1nc-2nc2[n-]c(nc3nc(nc4[n-]c(n1)c1ccc(S(=O)(=O)O)cc41)-c1cc(S(O)(O)O)ccc1-3)c1c2CC=C(S(O)(O)O)C1.[Co+2]. The van der Waals surface area contributed by atoms with Crippen LogP contribution in [-0.2, 0) is 46.2 Å². The van der Waals surface area contributed by atoms with E-state index in [1.807, 2.05) is 12.1 Å². The summed E-state index contributed by atoms with van der Waals surface area (Å²) in [6.07, 6.45) is 7.10. The Kier molecular flexibility index (Phi) is 11.6. The average molecular weight is 994 g/mol. The third-order valence-corrected chi connectivity index (χ3v) is 13.8. The molecule has 3 aliphatic rings. The van der Waals surface area contributed by atoms with Crippen LogP contribution in [-0.4, -0.2) is 87.6 Å². The maximum absolute atomic E-state index is 14.0. The number of pyridine rings is 1. The van der Waals surface area contributed by atoms with E-state index in [0.29, 0.717) is 40.8 Å². The molecule has 1 amide bonds. The van der Waals surface area contributed by atoms with E-state index in [1.54, 1.807) is 30.6 Å². The number of nitrogens with zero attached hydrogens (tertiary/aromatic N) is 9. The molecule has 20 nitrogen and oxygen atoms in total. The van der Waals surface area contributed by atoms with Crippen molar-refractivity contribution in [3.05, 3.63) is 112 Å². The van der Waals surface area contributed by atoms with Crippen LogP contribution < -0.4 is 15.3 Å². The van der Waals surface area contributed by atoms with Gasteiger partial charge >= 0.3 is 16.8 Å². The van der Waals surface area contributed by atoms with Crippen molar-refractivity contribution in [3.8, 4) is 45.6 Å². The van der Waals surface area contributed by atoms with Crippen molar-refractivity contribution < 1.29 is 61.9 Å². The average Bonchev–Trinajstić information content (AvgIpc) is 4.00. The van der Waals surface area contributed by atoms with E-state index >= 15 is 0 Å². The molecule has 1 radical (unpaired) electrons.